The van der Waals surface area contributed by atoms with Gasteiger partial charge in [0.25, 0.3) is 0 Å². The first-order valence-corrected chi connectivity index (χ1v) is 7.80. The summed E-state index contributed by atoms with van der Waals surface area (Å²) in [7, 11) is 0. The number of benzene rings is 1. The van der Waals surface area contributed by atoms with Crippen LogP contribution in [-0.4, -0.2) is 20.6 Å². The van der Waals surface area contributed by atoms with E-state index >= 15 is 0 Å². The van der Waals surface area contributed by atoms with Gasteiger partial charge in [-0.2, -0.15) is 0 Å². The highest BCUT2D eigenvalue weighted by Crippen LogP contribution is 2.41. The maximum absolute atomic E-state index is 11.4. The van der Waals surface area contributed by atoms with E-state index in [0.717, 1.165) is 24.3 Å². The molecule has 0 amide bonds. The highest BCUT2D eigenvalue weighted by atomic mass is 16.4. The average Bonchev–Trinajstić information content (AvgIpc) is 3.21. The quantitative estimate of drug-likeness (QED) is 0.871. The Morgan fingerprint density at radius 1 is 1.43 bits per heavy atom. The van der Waals surface area contributed by atoms with Crippen LogP contribution in [0.25, 0.3) is 11.0 Å². The Labute approximate surface area is 124 Å². The fourth-order valence-corrected chi connectivity index (χ4v) is 2.88. The SMILES string of the molecule is CC(C)CCCn1c(C2CC2)nc2c(C(=O)O)cccc21. The van der Waals surface area contributed by atoms with Crippen LogP contribution in [0.15, 0.2) is 18.2 Å². The molecule has 0 radical (unpaired) electrons. The van der Waals surface area contributed by atoms with Crippen LogP contribution < -0.4 is 0 Å². The summed E-state index contributed by atoms with van der Waals surface area (Å²) in [5.74, 6) is 1.41. The zero-order chi connectivity index (χ0) is 15.0. The number of imidazole rings is 1. The Kier molecular flexibility index (Phi) is 3.70. The number of hydrogen-bond acceptors (Lipinski definition) is 2. The molecule has 1 aromatic carbocycles. The maximum Gasteiger partial charge on any atom is 0.337 e. The molecule has 1 heterocycles. The van der Waals surface area contributed by atoms with Gasteiger partial charge in [0.05, 0.1) is 11.1 Å². The molecule has 112 valence electrons. The summed E-state index contributed by atoms with van der Waals surface area (Å²) in [6, 6.07) is 5.46. The molecule has 0 unspecified atom stereocenters. The molecule has 0 bridgehead atoms. The van der Waals surface area contributed by atoms with Crippen molar-refractivity contribution in [2.45, 2.75) is 52.0 Å². The van der Waals surface area contributed by atoms with Gasteiger partial charge in [-0.3, -0.25) is 0 Å². The lowest BCUT2D eigenvalue weighted by Crippen LogP contribution is -2.04. The van der Waals surface area contributed by atoms with Crippen molar-refractivity contribution in [1.29, 1.82) is 0 Å². The summed E-state index contributed by atoms with van der Waals surface area (Å²) in [5, 5.41) is 9.34. The molecular formula is C17H22N2O2. The number of carbonyl (C=O) groups is 1. The lowest BCUT2D eigenvalue weighted by molar-refractivity contribution is 0.0699. The summed E-state index contributed by atoms with van der Waals surface area (Å²) in [5.41, 5.74) is 1.94. The molecule has 4 heteroatoms. The lowest BCUT2D eigenvalue weighted by atomic mass is 10.1. The van der Waals surface area contributed by atoms with Crippen molar-refractivity contribution in [3.8, 4) is 0 Å². The van der Waals surface area contributed by atoms with E-state index in [-0.39, 0.29) is 0 Å². The molecule has 0 atom stereocenters. The van der Waals surface area contributed by atoms with Crippen LogP contribution >= 0.6 is 0 Å². The second-order valence-electron chi connectivity index (χ2n) is 6.41. The first-order valence-electron chi connectivity index (χ1n) is 7.80. The summed E-state index contributed by atoms with van der Waals surface area (Å²) in [6.45, 7) is 5.40. The molecule has 2 aromatic rings. The molecule has 1 aromatic heterocycles. The summed E-state index contributed by atoms with van der Waals surface area (Å²) < 4.78 is 2.25. The third-order valence-electron chi connectivity index (χ3n) is 4.14. The van der Waals surface area contributed by atoms with E-state index in [9.17, 15) is 9.90 Å². The van der Waals surface area contributed by atoms with Crippen LogP contribution in [-0.2, 0) is 6.54 Å². The molecule has 1 saturated carbocycles. The topological polar surface area (TPSA) is 55.1 Å². The highest BCUT2D eigenvalue weighted by Gasteiger charge is 2.30. The zero-order valence-electron chi connectivity index (χ0n) is 12.7. The molecule has 4 nitrogen and oxygen atoms in total. The third kappa shape index (κ3) is 2.80. The average molecular weight is 286 g/mol. The monoisotopic (exact) mass is 286 g/mol. The predicted octanol–water partition coefficient (Wildman–Crippen LogP) is 4.05. The molecule has 1 aliphatic rings. The minimum Gasteiger partial charge on any atom is -0.478 e. The first-order chi connectivity index (χ1) is 10.1. The lowest BCUT2D eigenvalue weighted by Gasteiger charge is -2.10. The van der Waals surface area contributed by atoms with Crippen LogP contribution in [0.3, 0.4) is 0 Å². The zero-order valence-corrected chi connectivity index (χ0v) is 12.7. The summed E-state index contributed by atoms with van der Waals surface area (Å²) in [4.78, 5) is 16.1. The van der Waals surface area contributed by atoms with Crippen LogP contribution in [0.5, 0.6) is 0 Å². The Morgan fingerprint density at radius 2 is 2.19 bits per heavy atom. The third-order valence-corrected chi connectivity index (χ3v) is 4.14. The molecule has 1 fully saturated rings. The van der Waals surface area contributed by atoms with E-state index in [2.05, 4.69) is 23.4 Å². The summed E-state index contributed by atoms with van der Waals surface area (Å²) in [6.07, 6.45) is 4.65. The van der Waals surface area contributed by atoms with Crippen LogP contribution in [0.1, 0.15) is 61.6 Å². The Bertz CT molecular complexity index is 669. The number of para-hydroxylation sites is 1. The largest absolute Gasteiger partial charge is 0.478 e. The fourth-order valence-electron chi connectivity index (χ4n) is 2.88. The smallest absolute Gasteiger partial charge is 0.337 e. The van der Waals surface area contributed by atoms with E-state index in [1.807, 2.05) is 12.1 Å². The summed E-state index contributed by atoms with van der Waals surface area (Å²) >= 11 is 0. The van der Waals surface area contributed by atoms with Gasteiger partial charge in [0.2, 0.25) is 0 Å². The number of carboxylic acids is 1. The van der Waals surface area contributed by atoms with Crippen molar-refractivity contribution in [2.24, 2.45) is 5.92 Å². The minimum absolute atomic E-state index is 0.317. The standard InChI is InChI=1S/C17H22N2O2/c1-11(2)5-4-10-19-14-7-3-6-13(17(20)21)15(14)18-16(19)12-8-9-12/h3,6-7,11-12H,4-5,8-10H2,1-2H3,(H,20,21). The van der Waals surface area contributed by atoms with Gasteiger partial charge in [0, 0.05) is 12.5 Å². The van der Waals surface area contributed by atoms with Gasteiger partial charge in [-0.05, 0) is 43.7 Å². The second-order valence-corrected chi connectivity index (χ2v) is 6.41. The molecule has 0 saturated heterocycles. The van der Waals surface area contributed by atoms with Gasteiger partial charge in [0.1, 0.15) is 11.3 Å². The molecule has 3 rings (SSSR count). The highest BCUT2D eigenvalue weighted by molar-refractivity contribution is 6.01. The number of aromatic carboxylic acids is 1. The Morgan fingerprint density at radius 3 is 2.81 bits per heavy atom. The maximum atomic E-state index is 11.4. The molecule has 1 aliphatic carbocycles. The van der Waals surface area contributed by atoms with Crippen molar-refractivity contribution < 1.29 is 9.90 Å². The number of aryl methyl sites for hydroxylation is 1. The van der Waals surface area contributed by atoms with Gasteiger partial charge in [0.15, 0.2) is 0 Å². The van der Waals surface area contributed by atoms with Crippen molar-refractivity contribution in [1.82, 2.24) is 9.55 Å². The van der Waals surface area contributed by atoms with Gasteiger partial charge < -0.3 is 9.67 Å². The number of nitrogens with zero attached hydrogens (tertiary/aromatic N) is 2. The van der Waals surface area contributed by atoms with Gasteiger partial charge in [-0.15, -0.1) is 0 Å². The van der Waals surface area contributed by atoms with E-state index < -0.39 is 5.97 Å². The van der Waals surface area contributed by atoms with Crippen LogP contribution in [0.2, 0.25) is 0 Å². The number of hydrogen-bond donors (Lipinski definition) is 1. The number of rotatable bonds is 6. The number of carboxylic acid groups (broad SMARTS) is 1. The van der Waals surface area contributed by atoms with Crippen molar-refractivity contribution in [2.75, 3.05) is 0 Å². The van der Waals surface area contributed by atoms with Gasteiger partial charge >= 0.3 is 5.97 Å². The van der Waals surface area contributed by atoms with Crippen LogP contribution in [0, 0.1) is 5.92 Å². The predicted molar refractivity (Wildman–Crippen MR) is 82.7 cm³/mol. The second kappa shape index (κ2) is 5.51. The fraction of sp³-hybridized carbons (Fsp3) is 0.529. The van der Waals surface area contributed by atoms with E-state index in [1.54, 1.807) is 6.07 Å². The first kappa shape index (κ1) is 14.1. The molecule has 21 heavy (non-hydrogen) atoms. The van der Waals surface area contributed by atoms with Gasteiger partial charge in [-0.1, -0.05) is 19.9 Å². The molecule has 0 spiro atoms. The van der Waals surface area contributed by atoms with E-state index in [4.69, 9.17) is 0 Å². The van der Waals surface area contributed by atoms with E-state index in [0.29, 0.717) is 22.9 Å². The molecular weight excluding hydrogens is 264 g/mol. The Hall–Kier alpha value is -1.84. The normalized spacial score (nSPS) is 15.0. The molecule has 0 aliphatic heterocycles. The minimum atomic E-state index is -0.894. The van der Waals surface area contributed by atoms with Crippen LogP contribution in [0.4, 0.5) is 0 Å². The van der Waals surface area contributed by atoms with Crippen molar-refractivity contribution >= 4 is 17.0 Å². The van der Waals surface area contributed by atoms with E-state index in [1.165, 1.54) is 19.3 Å². The van der Waals surface area contributed by atoms with Crippen molar-refractivity contribution in [3.05, 3.63) is 29.6 Å². The molecule has 1 N–H and O–H groups in total. The number of aromatic nitrogens is 2. The number of fused-ring (bicyclic) bond motifs is 1. The van der Waals surface area contributed by atoms with Crippen molar-refractivity contribution in [3.63, 3.8) is 0 Å². The Balaban J connectivity index is 2.01. The van der Waals surface area contributed by atoms with Gasteiger partial charge in [-0.25, -0.2) is 9.78 Å².